The number of carbonyl (C=O) groups is 1. The number of hydrogen-bond donors (Lipinski definition) is 1. The molecule has 1 amide bonds. The summed E-state index contributed by atoms with van der Waals surface area (Å²) in [6.45, 7) is 0.510. The summed E-state index contributed by atoms with van der Waals surface area (Å²) in [4.78, 5) is 13.4. The van der Waals surface area contributed by atoms with Crippen LogP contribution in [-0.4, -0.2) is 13.0 Å². The fourth-order valence-corrected chi connectivity index (χ4v) is 2.99. The van der Waals surface area contributed by atoms with Gasteiger partial charge in [-0.3, -0.25) is 4.79 Å². The molecule has 0 aliphatic carbocycles. The van der Waals surface area contributed by atoms with Gasteiger partial charge in [0.2, 0.25) is 0 Å². The van der Waals surface area contributed by atoms with Gasteiger partial charge in [-0.05, 0) is 46.8 Å². The van der Waals surface area contributed by atoms with Crippen LogP contribution in [0, 0.1) is 0 Å². The monoisotopic (exact) mass is 323 g/mol. The van der Waals surface area contributed by atoms with Crippen molar-refractivity contribution in [3.63, 3.8) is 0 Å². The first-order valence-corrected chi connectivity index (χ1v) is 8.19. The van der Waals surface area contributed by atoms with Crippen molar-refractivity contribution in [1.29, 1.82) is 0 Å². The highest BCUT2D eigenvalue weighted by molar-refractivity contribution is 7.13. The van der Waals surface area contributed by atoms with Crippen LogP contribution < -0.4 is 10.1 Å². The van der Waals surface area contributed by atoms with E-state index in [-0.39, 0.29) is 5.91 Å². The van der Waals surface area contributed by atoms with Crippen molar-refractivity contribution in [2.24, 2.45) is 0 Å². The van der Waals surface area contributed by atoms with E-state index >= 15 is 0 Å². The Balaban J connectivity index is 1.60. The lowest BCUT2D eigenvalue weighted by Crippen LogP contribution is -2.22. The SMILES string of the molecule is COc1ccc(C(=O)NCc2ccc(-c3cccs3)cc2)cc1. The molecule has 0 aliphatic heterocycles. The molecule has 0 radical (unpaired) electrons. The Morgan fingerprint density at radius 3 is 2.39 bits per heavy atom. The Bertz CT molecular complexity index is 762. The van der Waals surface area contributed by atoms with E-state index in [1.54, 1.807) is 42.7 Å². The second-order valence-electron chi connectivity index (χ2n) is 5.09. The number of carbonyl (C=O) groups excluding carboxylic acids is 1. The minimum Gasteiger partial charge on any atom is -0.497 e. The molecule has 116 valence electrons. The van der Waals surface area contributed by atoms with Gasteiger partial charge in [0.1, 0.15) is 5.75 Å². The molecule has 3 rings (SSSR count). The summed E-state index contributed by atoms with van der Waals surface area (Å²) in [5.41, 5.74) is 2.90. The molecule has 0 fully saturated rings. The Morgan fingerprint density at radius 2 is 1.78 bits per heavy atom. The summed E-state index contributed by atoms with van der Waals surface area (Å²) >= 11 is 1.72. The molecule has 0 unspecified atom stereocenters. The van der Waals surface area contributed by atoms with Crippen molar-refractivity contribution >= 4 is 17.2 Å². The highest BCUT2D eigenvalue weighted by Gasteiger charge is 2.05. The van der Waals surface area contributed by atoms with E-state index < -0.39 is 0 Å². The van der Waals surface area contributed by atoms with Gasteiger partial charge in [-0.25, -0.2) is 0 Å². The Hall–Kier alpha value is -2.59. The van der Waals surface area contributed by atoms with Crippen molar-refractivity contribution in [3.05, 3.63) is 77.2 Å². The molecule has 0 atom stereocenters. The smallest absolute Gasteiger partial charge is 0.251 e. The quantitative estimate of drug-likeness (QED) is 0.758. The number of thiophene rings is 1. The Morgan fingerprint density at radius 1 is 1.04 bits per heavy atom. The van der Waals surface area contributed by atoms with Gasteiger partial charge in [-0.1, -0.05) is 30.3 Å². The van der Waals surface area contributed by atoms with Crippen molar-refractivity contribution < 1.29 is 9.53 Å². The third-order valence-corrected chi connectivity index (χ3v) is 4.48. The molecule has 0 spiro atoms. The lowest BCUT2D eigenvalue weighted by Gasteiger charge is -2.07. The molecule has 3 aromatic rings. The fourth-order valence-electron chi connectivity index (χ4n) is 2.26. The van der Waals surface area contributed by atoms with Crippen LogP contribution in [0.2, 0.25) is 0 Å². The van der Waals surface area contributed by atoms with Gasteiger partial charge in [-0.15, -0.1) is 11.3 Å². The van der Waals surface area contributed by atoms with Gasteiger partial charge in [0, 0.05) is 17.0 Å². The summed E-state index contributed by atoms with van der Waals surface area (Å²) < 4.78 is 5.09. The van der Waals surface area contributed by atoms with Crippen molar-refractivity contribution in [2.45, 2.75) is 6.54 Å². The predicted molar refractivity (Wildman–Crippen MR) is 93.9 cm³/mol. The van der Waals surface area contributed by atoms with E-state index in [0.29, 0.717) is 12.1 Å². The summed E-state index contributed by atoms with van der Waals surface area (Å²) in [7, 11) is 1.61. The number of benzene rings is 2. The lowest BCUT2D eigenvalue weighted by molar-refractivity contribution is 0.0951. The lowest BCUT2D eigenvalue weighted by atomic mass is 10.1. The number of nitrogens with one attached hydrogen (secondary N) is 1. The van der Waals surface area contributed by atoms with E-state index in [1.165, 1.54) is 10.4 Å². The molecule has 4 heteroatoms. The van der Waals surface area contributed by atoms with Gasteiger partial charge < -0.3 is 10.1 Å². The number of amides is 1. The zero-order chi connectivity index (χ0) is 16.1. The fraction of sp³-hybridized carbons (Fsp3) is 0.105. The largest absolute Gasteiger partial charge is 0.497 e. The minimum atomic E-state index is -0.0880. The van der Waals surface area contributed by atoms with Crippen LogP contribution in [-0.2, 0) is 6.54 Å². The van der Waals surface area contributed by atoms with Crippen LogP contribution in [0.1, 0.15) is 15.9 Å². The number of ether oxygens (including phenoxy) is 1. The third kappa shape index (κ3) is 3.79. The summed E-state index contributed by atoms with van der Waals surface area (Å²) in [6.07, 6.45) is 0. The zero-order valence-electron chi connectivity index (χ0n) is 12.8. The van der Waals surface area contributed by atoms with E-state index in [0.717, 1.165) is 11.3 Å². The Kier molecular flexibility index (Phi) is 4.74. The molecule has 1 heterocycles. The van der Waals surface area contributed by atoms with Gasteiger partial charge >= 0.3 is 0 Å². The van der Waals surface area contributed by atoms with E-state index in [1.807, 2.05) is 18.2 Å². The van der Waals surface area contributed by atoms with Crippen LogP contribution in [0.5, 0.6) is 5.75 Å². The molecule has 1 N–H and O–H groups in total. The second kappa shape index (κ2) is 7.11. The molecule has 0 saturated carbocycles. The second-order valence-corrected chi connectivity index (χ2v) is 6.03. The average Bonchev–Trinajstić information content (AvgIpc) is 3.15. The van der Waals surface area contributed by atoms with Crippen LogP contribution in [0.15, 0.2) is 66.0 Å². The van der Waals surface area contributed by atoms with Crippen LogP contribution in [0.25, 0.3) is 10.4 Å². The first kappa shape index (κ1) is 15.3. The standard InChI is InChI=1S/C19H17NO2S/c1-22-17-10-8-16(9-11-17)19(21)20-13-14-4-6-15(7-5-14)18-3-2-12-23-18/h2-12H,13H2,1H3,(H,20,21). The van der Waals surface area contributed by atoms with Gasteiger partial charge in [0.15, 0.2) is 0 Å². The first-order valence-electron chi connectivity index (χ1n) is 7.31. The van der Waals surface area contributed by atoms with E-state index in [2.05, 4.69) is 28.9 Å². The van der Waals surface area contributed by atoms with Crippen LogP contribution >= 0.6 is 11.3 Å². The maximum Gasteiger partial charge on any atom is 0.251 e. The summed E-state index contributed by atoms with van der Waals surface area (Å²) in [5.74, 6) is 0.653. The number of methoxy groups -OCH3 is 1. The third-order valence-electron chi connectivity index (χ3n) is 3.56. The maximum atomic E-state index is 12.1. The highest BCUT2D eigenvalue weighted by Crippen LogP contribution is 2.24. The van der Waals surface area contributed by atoms with Crippen molar-refractivity contribution in [1.82, 2.24) is 5.32 Å². The van der Waals surface area contributed by atoms with Gasteiger partial charge in [0.25, 0.3) is 5.91 Å². The summed E-state index contributed by atoms with van der Waals surface area (Å²) in [6, 6.07) is 19.5. The van der Waals surface area contributed by atoms with Crippen molar-refractivity contribution in [3.8, 4) is 16.2 Å². The molecule has 0 bridgehead atoms. The zero-order valence-corrected chi connectivity index (χ0v) is 13.6. The maximum absolute atomic E-state index is 12.1. The molecular formula is C19H17NO2S. The number of rotatable bonds is 5. The molecule has 3 nitrogen and oxygen atoms in total. The van der Waals surface area contributed by atoms with Gasteiger partial charge in [0.05, 0.1) is 7.11 Å². The average molecular weight is 323 g/mol. The topological polar surface area (TPSA) is 38.3 Å². The molecule has 23 heavy (non-hydrogen) atoms. The van der Waals surface area contributed by atoms with Crippen molar-refractivity contribution in [2.75, 3.05) is 7.11 Å². The predicted octanol–water partition coefficient (Wildman–Crippen LogP) is 4.35. The number of hydrogen-bond acceptors (Lipinski definition) is 3. The highest BCUT2D eigenvalue weighted by atomic mass is 32.1. The minimum absolute atomic E-state index is 0.0880. The molecule has 0 aliphatic rings. The molecule has 1 aromatic heterocycles. The van der Waals surface area contributed by atoms with E-state index in [9.17, 15) is 4.79 Å². The Labute approximate surface area is 139 Å². The molecular weight excluding hydrogens is 306 g/mol. The van der Waals surface area contributed by atoms with E-state index in [4.69, 9.17) is 4.74 Å². The normalized spacial score (nSPS) is 10.3. The molecule has 2 aromatic carbocycles. The van der Waals surface area contributed by atoms with Crippen LogP contribution in [0.3, 0.4) is 0 Å². The van der Waals surface area contributed by atoms with Gasteiger partial charge in [-0.2, -0.15) is 0 Å². The molecule has 0 saturated heterocycles. The van der Waals surface area contributed by atoms with Crippen LogP contribution in [0.4, 0.5) is 0 Å². The first-order chi connectivity index (χ1) is 11.3. The summed E-state index contributed by atoms with van der Waals surface area (Å²) in [5, 5.41) is 5.00.